The van der Waals surface area contributed by atoms with E-state index in [2.05, 4.69) is 0 Å². The van der Waals surface area contributed by atoms with Gasteiger partial charge in [0.25, 0.3) is 0 Å². The molecule has 0 saturated carbocycles. The Labute approximate surface area is 85.9 Å². The molecule has 1 atom stereocenters. The fourth-order valence-corrected chi connectivity index (χ4v) is 1.25. The highest BCUT2D eigenvalue weighted by Crippen LogP contribution is 2.29. The van der Waals surface area contributed by atoms with Crippen LogP contribution in [0.5, 0.6) is 0 Å². The molecule has 0 aliphatic heterocycles. The molecule has 1 rings (SSSR count). The highest BCUT2D eigenvalue weighted by Gasteiger charge is 2.29. The summed E-state index contributed by atoms with van der Waals surface area (Å²) in [5.74, 6) is -0.165. The molecule has 0 heterocycles. The van der Waals surface area contributed by atoms with Crippen LogP contribution in [-0.4, -0.2) is 6.29 Å². The number of hydrogen-bond donors (Lipinski definition) is 0. The number of aldehydes is 1. The Kier molecular flexibility index (Phi) is 3.50. The van der Waals surface area contributed by atoms with E-state index < -0.39 is 11.7 Å². The van der Waals surface area contributed by atoms with Gasteiger partial charge in [-0.25, -0.2) is 0 Å². The van der Waals surface area contributed by atoms with Gasteiger partial charge in [-0.2, -0.15) is 13.2 Å². The molecule has 0 aliphatic carbocycles. The number of carbonyl (C=O) groups is 1. The van der Waals surface area contributed by atoms with Gasteiger partial charge in [-0.3, -0.25) is 0 Å². The Balaban J connectivity index is 2.77. The standard InChI is InChI=1S/C11H11F3O/c1-8(7-15)6-9-2-4-10(5-3-9)11(12,13)14/h2-5,7-8H,6H2,1H3/t8-/m1/s1. The van der Waals surface area contributed by atoms with E-state index in [1.807, 2.05) is 0 Å². The van der Waals surface area contributed by atoms with Crippen molar-refractivity contribution in [1.29, 1.82) is 0 Å². The molecule has 0 radical (unpaired) electrons. The highest BCUT2D eigenvalue weighted by molar-refractivity contribution is 5.53. The van der Waals surface area contributed by atoms with Gasteiger partial charge in [-0.05, 0) is 24.1 Å². The van der Waals surface area contributed by atoms with Gasteiger partial charge in [0.15, 0.2) is 0 Å². The lowest BCUT2D eigenvalue weighted by atomic mass is 10.0. The lowest BCUT2D eigenvalue weighted by Crippen LogP contribution is -2.05. The molecule has 0 bridgehead atoms. The maximum atomic E-state index is 12.2. The smallest absolute Gasteiger partial charge is 0.303 e. The van der Waals surface area contributed by atoms with Crippen LogP contribution in [0.1, 0.15) is 18.1 Å². The molecule has 0 amide bonds. The van der Waals surface area contributed by atoms with Crippen LogP contribution in [-0.2, 0) is 17.4 Å². The molecule has 0 fully saturated rings. The second-order valence-corrected chi connectivity index (χ2v) is 3.51. The second-order valence-electron chi connectivity index (χ2n) is 3.51. The lowest BCUT2D eigenvalue weighted by molar-refractivity contribution is -0.137. The summed E-state index contributed by atoms with van der Waals surface area (Å²) in [7, 11) is 0. The molecule has 0 aromatic heterocycles. The second kappa shape index (κ2) is 4.47. The minimum atomic E-state index is -4.30. The van der Waals surface area contributed by atoms with Crippen LogP contribution in [0.3, 0.4) is 0 Å². The molecular weight excluding hydrogens is 205 g/mol. The van der Waals surface area contributed by atoms with Crippen LogP contribution in [0.15, 0.2) is 24.3 Å². The molecule has 15 heavy (non-hydrogen) atoms. The average Bonchev–Trinajstić information content (AvgIpc) is 2.17. The summed E-state index contributed by atoms with van der Waals surface area (Å²) < 4.78 is 36.6. The zero-order valence-electron chi connectivity index (χ0n) is 8.21. The predicted molar refractivity (Wildman–Crippen MR) is 50.4 cm³/mol. The summed E-state index contributed by atoms with van der Waals surface area (Å²) in [5.41, 5.74) is 0.0765. The molecule has 0 spiro atoms. The van der Waals surface area contributed by atoms with Crippen molar-refractivity contribution in [3.05, 3.63) is 35.4 Å². The first-order chi connectivity index (χ1) is 6.93. The number of benzene rings is 1. The van der Waals surface area contributed by atoms with Gasteiger partial charge in [-0.1, -0.05) is 19.1 Å². The molecular formula is C11H11F3O. The van der Waals surface area contributed by atoms with Crippen LogP contribution in [0.2, 0.25) is 0 Å². The van der Waals surface area contributed by atoms with Gasteiger partial charge in [0.05, 0.1) is 5.56 Å². The van der Waals surface area contributed by atoms with Crippen LogP contribution >= 0.6 is 0 Å². The van der Waals surface area contributed by atoms with E-state index in [-0.39, 0.29) is 5.92 Å². The molecule has 1 aromatic carbocycles. The number of alkyl halides is 3. The Morgan fingerprint density at radius 3 is 2.20 bits per heavy atom. The fourth-order valence-electron chi connectivity index (χ4n) is 1.25. The molecule has 0 saturated heterocycles. The van der Waals surface area contributed by atoms with E-state index in [1.165, 1.54) is 12.1 Å². The first-order valence-corrected chi connectivity index (χ1v) is 4.55. The lowest BCUT2D eigenvalue weighted by Gasteiger charge is -2.08. The van der Waals surface area contributed by atoms with Crippen LogP contribution in [0.25, 0.3) is 0 Å². The summed E-state index contributed by atoms with van der Waals surface area (Å²) in [6, 6.07) is 4.88. The monoisotopic (exact) mass is 216 g/mol. The van der Waals surface area contributed by atoms with Crippen molar-refractivity contribution in [2.45, 2.75) is 19.5 Å². The molecule has 1 nitrogen and oxygen atoms in total. The topological polar surface area (TPSA) is 17.1 Å². The van der Waals surface area contributed by atoms with E-state index in [9.17, 15) is 18.0 Å². The summed E-state index contributed by atoms with van der Waals surface area (Å²) in [5, 5.41) is 0. The SMILES string of the molecule is C[C@@H](C=O)Cc1ccc(C(F)(F)F)cc1. The Morgan fingerprint density at radius 1 is 1.27 bits per heavy atom. The van der Waals surface area contributed by atoms with Gasteiger partial charge < -0.3 is 4.79 Å². The normalized spacial score (nSPS) is 13.6. The van der Waals surface area contributed by atoms with Crippen molar-refractivity contribution in [3.8, 4) is 0 Å². The van der Waals surface area contributed by atoms with Crippen molar-refractivity contribution in [2.75, 3.05) is 0 Å². The minimum Gasteiger partial charge on any atom is -0.303 e. The van der Waals surface area contributed by atoms with Crippen LogP contribution in [0, 0.1) is 5.92 Å². The first kappa shape index (κ1) is 11.8. The van der Waals surface area contributed by atoms with Gasteiger partial charge in [-0.15, -0.1) is 0 Å². The van der Waals surface area contributed by atoms with E-state index in [4.69, 9.17) is 0 Å². The quantitative estimate of drug-likeness (QED) is 0.709. The molecule has 0 N–H and O–H groups in total. The zero-order valence-corrected chi connectivity index (χ0v) is 8.21. The molecule has 0 unspecified atom stereocenters. The Hall–Kier alpha value is -1.32. The average molecular weight is 216 g/mol. The summed E-state index contributed by atoms with van der Waals surface area (Å²) in [6.07, 6.45) is -3.03. The van der Waals surface area contributed by atoms with Crippen molar-refractivity contribution in [2.24, 2.45) is 5.92 Å². The van der Waals surface area contributed by atoms with E-state index >= 15 is 0 Å². The first-order valence-electron chi connectivity index (χ1n) is 4.55. The maximum absolute atomic E-state index is 12.2. The molecule has 0 aliphatic rings. The zero-order chi connectivity index (χ0) is 11.5. The summed E-state index contributed by atoms with van der Waals surface area (Å²) >= 11 is 0. The van der Waals surface area contributed by atoms with Crippen molar-refractivity contribution in [1.82, 2.24) is 0 Å². The number of halogens is 3. The van der Waals surface area contributed by atoms with E-state index in [1.54, 1.807) is 6.92 Å². The third-order valence-electron chi connectivity index (χ3n) is 2.07. The number of rotatable bonds is 3. The maximum Gasteiger partial charge on any atom is 0.416 e. The third-order valence-corrected chi connectivity index (χ3v) is 2.07. The summed E-state index contributed by atoms with van der Waals surface area (Å²) in [6.45, 7) is 1.73. The number of hydrogen-bond acceptors (Lipinski definition) is 1. The van der Waals surface area contributed by atoms with E-state index in [0.29, 0.717) is 6.42 Å². The highest BCUT2D eigenvalue weighted by atomic mass is 19.4. The molecule has 1 aromatic rings. The third kappa shape index (κ3) is 3.38. The van der Waals surface area contributed by atoms with Crippen molar-refractivity contribution < 1.29 is 18.0 Å². The molecule has 82 valence electrons. The fraction of sp³-hybridized carbons (Fsp3) is 0.364. The molecule has 4 heteroatoms. The summed E-state index contributed by atoms with van der Waals surface area (Å²) in [4.78, 5) is 10.4. The van der Waals surface area contributed by atoms with Crippen molar-refractivity contribution in [3.63, 3.8) is 0 Å². The Morgan fingerprint density at radius 2 is 1.80 bits per heavy atom. The van der Waals surface area contributed by atoms with Gasteiger partial charge >= 0.3 is 6.18 Å². The largest absolute Gasteiger partial charge is 0.416 e. The predicted octanol–water partition coefficient (Wildman–Crippen LogP) is 3.08. The number of carbonyl (C=O) groups excluding carboxylic acids is 1. The van der Waals surface area contributed by atoms with Gasteiger partial charge in [0, 0.05) is 5.92 Å². The Bertz CT molecular complexity index is 327. The van der Waals surface area contributed by atoms with Gasteiger partial charge in [0.1, 0.15) is 6.29 Å². The van der Waals surface area contributed by atoms with Crippen LogP contribution < -0.4 is 0 Å². The van der Waals surface area contributed by atoms with Crippen molar-refractivity contribution >= 4 is 6.29 Å². The van der Waals surface area contributed by atoms with Crippen LogP contribution in [0.4, 0.5) is 13.2 Å². The minimum absolute atomic E-state index is 0.165. The van der Waals surface area contributed by atoms with Gasteiger partial charge in [0.2, 0.25) is 0 Å². The van der Waals surface area contributed by atoms with E-state index in [0.717, 1.165) is 24.0 Å².